The minimum absolute atomic E-state index is 0.324. The predicted octanol–water partition coefficient (Wildman–Crippen LogP) is 1.25. The van der Waals surface area contributed by atoms with Gasteiger partial charge in [-0.15, -0.1) is 0 Å². The van der Waals surface area contributed by atoms with Gasteiger partial charge in [0.05, 0.1) is 0 Å². The van der Waals surface area contributed by atoms with E-state index in [1.165, 1.54) is 0 Å². The van der Waals surface area contributed by atoms with Crippen molar-refractivity contribution in [2.45, 2.75) is 18.7 Å². The molecule has 3 nitrogen and oxygen atoms in total. The van der Waals surface area contributed by atoms with Gasteiger partial charge in [-0.05, 0) is 13.1 Å². The van der Waals surface area contributed by atoms with Crippen molar-refractivity contribution >= 4 is 29.1 Å². The van der Waals surface area contributed by atoms with Gasteiger partial charge in [-0.1, -0.05) is 37.0 Å². The maximum absolute atomic E-state index is 10.9. The summed E-state index contributed by atoms with van der Waals surface area (Å²) in [7, 11) is 0. The molecule has 5 heteroatoms. The third kappa shape index (κ3) is 6.13. The molecule has 0 aromatic rings. The number of halogens is 2. The van der Waals surface area contributed by atoms with E-state index in [0.29, 0.717) is 6.54 Å². The third-order valence-corrected chi connectivity index (χ3v) is 2.22. The molecule has 13 heavy (non-hydrogen) atoms. The van der Waals surface area contributed by atoms with Crippen LogP contribution in [0.3, 0.4) is 0 Å². The molecule has 0 rings (SSSR count). The van der Waals surface area contributed by atoms with Crippen LogP contribution < -0.4 is 5.32 Å². The summed E-state index contributed by atoms with van der Waals surface area (Å²) >= 11 is 10.7. The lowest BCUT2D eigenvalue weighted by atomic mass is 10.4. The monoisotopic (exact) mass is 226 g/mol. The van der Waals surface area contributed by atoms with Crippen LogP contribution in [-0.2, 0) is 4.79 Å². The van der Waals surface area contributed by atoms with E-state index in [1.54, 1.807) is 0 Å². The average Bonchev–Trinajstić information content (AvgIpc) is 2.12. The van der Waals surface area contributed by atoms with Crippen LogP contribution in [0.2, 0.25) is 0 Å². The molecule has 1 N–H and O–H groups in total. The topological polar surface area (TPSA) is 32.3 Å². The zero-order chi connectivity index (χ0) is 10.3. The maximum Gasteiger partial charge on any atom is 0.253 e. The second-order valence-electron chi connectivity index (χ2n) is 2.62. The molecule has 1 amide bonds. The van der Waals surface area contributed by atoms with Gasteiger partial charge in [0.1, 0.15) is 0 Å². The molecule has 0 atom stereocenters. The molecule has 0 heterocycles. The summed E-state index contributed by atoms with van der Waals surface area (Å²) in [4.78, 5) is 12.2. The Morgan fingerprint density at radius 2 is 1.92 bits per heavy atom. The minimum atomic E-state index is -0.961. The molecular weight excluding hydrogens is 211 g/mol. The molecule has 0 spiro atoms. The van der Waals surface area contributed by atoms with E-state index in [2.05, 4.69) is 24.1 Å². The predicted molar refractivity (Wildman–Crippen MR) is 56.3 cm³/mol. The quantitative estimate of drug-likeness (QED) is 0.692. The molecule has 0 aliphatic rings. The van der Waals surface area contributed by atoms with Gasteiger partial charge in [-0.3, -0.25) is 4.79 Å². The Bertz CT molecular complexity index is 149. The molecule has 0 fully saturated rings. The lowest BCUT2D eigenvalue weighted by Crippen LogP contribution is -2.36. The highest BCUT2D eigenvalue weighted by atomic mass is 35.5. The maximum atomic E-state index is 10.9. The van der Waals surface area contributed by atoms with Crippen molar-refractivity contribution in [2.24, 2.45) is 0 Å². The number of carbonyl (C=O) groups is 1. The van der Waals surface area contributed by atoms with Crippen LogP contribution in [-0.4, -0.2) is 41.8 Å². The lowest BCUT2D eigenvalue weighted by Gasteiger charge is -2.17. The summed E-state index contributed by atoms with van der Waals surface area (Å²) in [6.45, 7) is 7.55. The third-order valence-electron chi connectivity index (χ3n) is 1.82. The normalized spacial score (nSPS) is 10.9. The number of carbonyl (C=O) groups excluding carboxylic acids is 1. The van der Waals surface area contributed by atoms with Crippen molar-refractivity contribution < 1.29 is 4.79 Å². The summed E-state index contributed by atoms with van der Waals surface area (Å²) in [6, 6.07) is 0. The SMILES string of the molecule is CCN(CC)CCNC(=O)C(Cl)Cl. The van der Waals surface area contributed by atoms with Crippen molar-refractivity contribution in [2.75, 3.05) is 26.2 Å². The van der Waals surface area contributed by atoms with Gasteiger partial charge in [0.2, 0.25) is 0 Å². The van der Waals surface area contributed by atoms with E-state index < -0.39 is 4.84 Å². The molecule has 0 bridgehead atoms. The molecule has 0 saturated heterocycles. The fourth-order valence-electron chi connectivity index (χ4n) is 0.954. The van der Waals surface area contributed by atoms with Crippen LogP contribution >= 0.6 is 23.2 Å². The van der Waals surface area contributed by atoms with E-state index in [4.69, 9.17) is 23.2 Å². The highest BCUT2D eigenvalue weighted by Crippen LogP contribution is 1.99. The summed E-state index contributed by atoms with van der Waals surface area (Å²) in [5, 5.41) is 2.64. The lowest BCUT2D eigenvalue weighted by molar-refractivity contribution is -0.119. The number of nitrogens with zero attached hydrogens (tertiary/aromatic N) is 1. The van der Waals surface area contributed by atoms with Crippen LogP contribution in [0.1, 0.15) is 13.8 Å². The van der Waals surface area contributed by atoms with Crippen LogP contribution in [0.4, 0.5) is 0 Å². The first-order valence-electron chi connectivity index (χ1n) is 4.40. The summed E-state index contributed by atoms with van der Waals surface area (Å²) < 4.78 is 0. The van der Waals surface area contributed by atoms with Crippen LogP contribution in [0.15, 0.2) is 0 Å². The van der Waals surface area contributed by atoms with Gasteiger partial charge in [0, 0.05) is 13.1 Å². The Balaban J connectivity index is 3.49. The molecule has 78 valence electrons. The zero-order valence-corrected chi connectivity index (χ0v) is 9.53. The first kappa shape index (κ1) is 13.0. The fraction of sp³-hybridized carbons (Fsp3) is 0.875. The van der Waals surface area contributed by atoms with Crippen molar-refractivity contribution in [1.29, 1.82) is 0 Å². The number of rotatable bonds is 6. The number of nitrogens with one attached hydrogen (secondary N) is 1. The first-order valence-corrected chi connectivity index (χ1v) is 5.27. The van der Waals surface area contributed by atoms with Crippen LogP contribution in [0, 0.1) is 0 Å². The Morgan fingerprint density at radius 1 is 1.38 bits per heavy atom. The van der Waals surface area contributed by atoms with E-state index in [9.17, 15) is 4.79 Å². The second-order valence-corrected chi connectivity index (χ2v) is 3.71. The van der Waals surface area contributed by atoms with Gasteiger partial charge < -0.3 is 10.2 Å². The molecular formula is C8H16Cl2N2O. The summed E-state index contributed by atoms with van der Waals surface area (Å²) in [5.74, 6) is -0.324. The van der Waals surface area contributed by atoms with Crippen molar-refractivity contribution in [3.63, 3.8) is 0 Å². The van der Waals surface area contributed by atoms with Gasteiger partial charge in [0.25, 0.3) is 5.91 Å². The number of likely N-dealkylation sites (N-methyl/N-ethyl adjacent to an activating group) is 1. The van der Waals surface area contributed by atoms with Crippen molar-refractivity contribution in [1.82, 2.24) is 10.2 Å². The number of amides is 1. The van der Waals surface area contributed by atoms with Gasteiger partial charge in [-0.25, -0.2) is 0 Å². The number of hydrogen-bond donors (Lipinski definition) is 1. The largest absolute Gasteiger partial charge is 0.352 e. The Labute approximate surface area is 89.4 Å². The molecule has 0 saturated carbocycles. The smallest absolute Gasteiger partial charge is 0.253 e. The van der Waals surface area contributed by atoms with Crippen molar-refractivity contribution in [3.8, 4) is 0 Å². The van der Waals surface area contributed by atoms with E-state index in [1.807, 2.05) is 0 Å². The van der Waals surface area contributed by atoms with Gasteiger partial charge in [0.15, 0.2) is 4.84 Å². The number of alkyl halides is 2. The summed E-state index contributed by atoms with van der Waals surface area (Å²) in [6.07, 6.45) is 0. The van der Waals surface area contributed by atoms with Gasteiger partial charge in [-0.2, -0.15) is 0 Å². The van der Waals surface area contributed by atoms with Crippen LogP contribution in [0.25, 0.3) is 0 Å². The van der Waals surface area contributed by atoms with E-state index >= 15 is 0 Å². The van der Waals surface area contributed by atoms with E-state index in [0.717, 1.165) is 19.6 Å². The summed E-state index contributed by atoms with van der Waals surface area (Å²) in [5.41, 5.74) is 0. The highest BCUT2D eigenvalue weighted by molar-refractivity contribution is 6.53. The zero-order valence-electron chi connectivity index (χ0n) is 8.02. The Hall–Kier alpha value is 0.01000. The average molecular weight is 227 g/mol. The first-order chi connectivity index (χ1) is 6.11. The standard InChI is InChI=1S/C8H16Cl2N2O/c1-3-12(4-2)6-5-11-8(13)7(9)10/h7H,3-6H2,1-2H3,(H,11,13). The molecule has 0 unspecified atom stereocenters. The minimum Gasteiger partial charge on any atom is -0.352 e. The molecule has 0 aromatic heterocycles. The Kier molecular flexibility index (Phi) is 7.42. The second kappa shape index (κ2) is 7.42. The molecule has 0 aromatic carbocycles. The highest BCUT2D eigenvalue weighted by Gasteiger charge is 2.10. The molecule has 0 aliphatic carbocycles. The molecule has 0 aliphatic heterocycles. The van der Waals surface area contributed by atoms with Crippen LogP contribution in [0.5, 0.6) is 0 Å². The Morgan fingerprint density at radius 3 is 2.31 bits per heavy atom. The number of hydrogen-bond acceptors (Lipinski definition) is 2. The van der Waals surface area contributed by atoms with Gasteiger partial charge >= 0.3 is 0 Å². The van der Waals surface area contributed by atoms with Crippen molar-refractivity contribution in [3.05, 3.63) is 0 Å². The molecule has 0 radical (unpaired) electrons. The van der Waals surface area contributed by atoms with E-state index in [-0.39, 0.29) is 5.91 Å². The fourth-order valence-corrected chi connectivity index (χ4v) is 1.11.